The van der Waals surface area contributed by atoms with Crippen LogP contribution in [0.5, 0.6) is 0 Å². The number of H-pyrrole nitrogens is 1. The van der Waals surface area contributed by atoms with Gasteiger partial charge in [0.25, 0.3) is 5.91 Å². The van der Waals surface area contributed by atoms with Crippen molar-refractivity contribution < 1.29 is 14.3 Å². The van der Waals surface area contributed by atoms with Gasteiger partial charge in [0.15, 0.2) is 0 Å². The van der Waals surface area contributed by atoms with Crippen molar-refractivity contribution in [1.82, 2.24) is 14.9 Å². The smallest absolute Gasteiger partial charge is 0.338 e. The average Bonchev–Trinajstić information content (AvgIpc) is 3.61. The summed E-state index contributed by atoms with van der Waals surface area (Å²) >= 11 is 0. The summed E-state index contributed by atoms with van der Waals surface area (Å²) in [6.07, 6.45) is 12.6. The second kappa shape index (κ2) is 11.3. The van der Waals surface area contributed by atoms with Crippen LogP contribution in [0.3, 0.4) is 0 Å². The fourth-order valence-electron chi connectivity index (χ4n) is 8.92. The Hall–Kier alpha value is -3.45. The van der Waals surface area contributed by atoms with Gasteiger partial charge in [-0.15, -0.1) is 0 Å². The lowest BCUT2D eigenvalue weighted by atomic mass is 9.48. The maximum absolute atomic E-state index is 13.7. The summed E-state index contributed by atoms with van der Waals surface area (Å²) in [5.74, 6) is 2.99. The van der Waals surface area contributed by atoms with Gasteiger partial charge in [-0.1, -0.05) is 36.4 Å². The molecule has 4 bridgehead atoms. The van der Waals surface area contributed by atoms with Gasteiger partial charge >= 0.3 is 5.97 Å². The van der Waals surface area contributed by atoms with Crippen molar-refractivity contribution >= 4 is 17.6 Å². The molecule has 2 aromatic carbocycles. The number of anilines is 1. The molecule has 4 saturated carbocycles. The third-order valence-electron chi connectivity index (χ3n) is 10.5. The van der Waals surface area contributed by atoms with E-state index in [9.17, 15) is 9.59 Å². The van der Waals surface area contributed by atoms with Gasteiger partial charge in [0.1, 0.15) is 18.1 Å². The van der Waals surface area contributed by atoms with E-state index in [0.29, 0.717) is 22.4 Å². The normalized spacial score (nSPS) is 28.2. The van der Waals surface area contributed by atoms with Crippen LogP contribution >= 0.6 is 0 Å². The molecule has 1 unspecified atom stereocenters. The van der Waals surface area contributed by atoms with Gasteiger partial charge in [0.2, 0.25) is 0 Å². The molecule has 220 valence electrons. The molecule has 2 N–H and O–H groups in total. The summed E-state index contributed by atoms with van der Waals surface area (Å²) in [6, 6.07) is 16.8. The minimum absolute atomic E-state index is 0.203. The zero-order chi connectivity index (χ0) is 28.7. The maximum atomic E-state index is 13.7. The molecule has 7 nitrogen and oxygen atoms in total. The first-order valence-electron chi connectivity index (χ1n) is 15.8. The molecule has 42 heavy (non-hydrogen) atoms. The topological polar surface area (TPSA) is 87.3 Å². The molecule has 1 saturated heterocycles. The third-order valence-corrected chi connectivity index (χ3v) is 10.5. The van der Waals surface area contributed by atoms with Crippen LogP contribution in [0.1, 0.15) is 102 Å². The Morgan fingerprint density at radius 2 is 1.76 bits per heavy atom. The van der Waals surface area contributed by atoms with Crippen LogP contribution in [0.25, 0.3) is 0 Å². The largest absolute Gasteiger partial charge is 0.457 e. The van der Waals surface area contributed by atoms with E-state index in [1.54, 1.807) is 24.3 Å². The van der Waals surface area contributed by atoms with Crippen LogP contribution in [-0.4, -0.2) is 40.3 Å². The average molecular weight is 567 g/mol. The zero-order valence-electron chi connectivity index (χ0n) is 24.6. The highest BCUT2D eigenvalue weighted by Crippen LogP contribution is 2.61. The Labute approximate surface area is 248 Å². The molecule has 5 fully saturated rings. The number of ether oxygens (including phenoxy) is 1. The van der Waals surface area contributed by atoms with Crippen molar-refractivity contribution in [2.45, 2.75) is 76.9 Å². The quantitative estimate of drug-likeness (QED) is 0.274. The number of aromatic nitrogens is 2. The lowest BCUT2D eigenvalue weighted by Crippen LogP contribution is -2.46. The number of nitrogens with one attached hydrogen (secondary N) is 2. The van der Waals surface area contributed by atoms with Crippen LogP contribution in [0.4, 0.5) is 5.69 Å². The van der Waals surface area contributed by atoms with Gasteiger partial charge in [-0.05, 0) is 125 Å². The minimum atomic E-state index is -0.419. The van der Waals surface area contributed by atoms with Gasteiger partial charge in [-0.25, -0.2) is 9.78 Å². The molecular weight excluding hydrogens is 524 g/mol. The van der Waals surface area contributed by atoms with E-state index in [2.05, 4.69) is 22.2 Å². The predicted molar refractivity (Wildman–Crippen MR) is 162 cm³/mol. The number of carbonyl (C=O) groups excluding carboxylic acids is 2. The first kappa shape index (κ1) is 27.4. The van der Waals surface area contributed by atoms with Gasteiger partial charge in [0, 0.05) is 11.4 Å². The van der Waals surface area contributed by atoms with E-state index in [1.165, 1.54) is 38.5 Å². The van der Waals surface area contributed by atoms with E-state index in [4.69, 9.17) is 9.72 Å². The number of amides is 1. The van der Waals surface area contributed by atoms with Crippen LogP contribution < -0.4 is 5.32 Å². The molecule has 8 rings (SSSR count). The Morgan fingerprint density at radius 3 is 2.45 bits per heavy atom. The highest BCUT2D eigenvalue weighted by Gasteiger charge is 2.50. The van der Waals surface area contributed by atoms with Crippen molar-refractivity contribution in [2.75, 3.05) is 18.9 Å². The maximum Gasteiger partial charge on any atom is 0.338 e. The summed E-state index contributed by atoms with van der Waals surface area (Å²) in [5.41, 5.74) is 3.78. The van der Waals surface area contributed by atoms with Crippen molar-refractivity contribution in [1.29, 1.82) is 0 Å². The fraction of sp³-hybridized carbons (Fsp3) is 0.514. The van der Waals surface area contributed by atoms with Gasteiger partial charge < -0.3 is 15.0 Å². The fourth-order valence-corrected chi connectivity index (χ4v) is 8.92. The highest BCUT2D eigenvalue weighted by molar-refractivity contribution is 6.04. The number of likely N-dealkylation sites (tertiary alicyclic amines) is 1. The molecule has 4 aliphatic carbocycles. The van der Waals surface area contributed by atoms with E-state index >= 15 is 0 Å². The molecule has 1 aliphatic heterocycles. The molecule has 1 amide bonds. The molecule has 1 atom stereocenters. The molecule has 0 spiro atoms. The number of aryl methyl sites for hydroxylation is 1. The molecule has 3 aromatic rings. The van der Waals surface area contributed by atoms with Crippen molar-refractivity contribution in [2.24, 2.45) is 23.2 Å². The first-order chi connectivity index (χ1) is 20.4. The van der Waals surface area contributed by atoms with E-state index in [0.717, 1.165) is 67.1 Å². The lowest BCUT2D eigenvalue weighted by molar-refractivity contribution is -0.0570. The molecular formula is C35H42N4O3. The number of esters is 1. The number of aromatic amines is 1. The number of imidazole rings is 1. The Morgan fingerprint density at radius 1 is 1.02 bits per heavy atom. The number of rotatable bonds is 9. The Bertz CT molecular complexity index is 1410. The van der Waals surface area contributed by atoms with Crippen LogP contribution in [0, 0.1) is 23.2 Å². The zero-order valence-corrected chi connectivity index (χ0v) is 24.6. The van der Waals surface area contributed by atoms with Crippen molar-refractivity contribution in [3.8, 4) is 0 Å². The van der Waals surface area contributed by atoms with Gasteiger partial charge in [-0.3, -0.25) is 9.69 Å². The van der Waals surface area contributed by atoms with Crippen molar-refractivity contribution in [3.05, 3.63) is 82.9 Å². The van der Waals surface area contributed by atoms with Crippen LogP contribution in [0.2, 0.25) is 0 Å². The van der Waals surface area contributed by atoms with Crippen LogP contribution in [0.15, 0.2) is 54.6 Å². The second-order valence-corrected chi connectivity index (χ2v) is 13.6. The van der Waals surface area contributed by atoms with E-state index in [1.807, 2.05) is 30.3 Å². The Balaban J connectivity index is 1.07. The molecule has 0 radical (unpaired) electrons. The number of hydrogen-bond acceptors (Lipinski definition) is 5. The molecule has 1 aromatic heterocycles. The Kier molecular flexibility index (Phi) is 7.39. The number of hydrogen-bond donors (Lipinski definition) is 2. The van der Waals surface area contributed by atoms with Crippen molar-refractivity contribution in [3.63, 3.8) is 0 Å². The van der Waals surface area contributed by atoms with Gasteiger partial charge in [-0.2, -0.15) is 0 Å². The molecule has 2 heterocycles. The van der Waals surface area contributed by atoms with E-state index < -0.39 is 5.97 Å². The lowest BCUT2D eigenvalue weighted by Gasteiger charge is -2.57. The standard InChI is InChI=1S/C35H42N4O3/c1-39-14-6-11-30(39)32-37-29(12-13-35-19-24-15-25(20-35)17-26(16-24)21-35)31(38-32)33(40)36-28-10-5-9-27(18-28)34(41)42-22-23-7-3-2-4-8-23/h2-5,7-10,18,24-26,30H,6,11-17,19-22H2,1H3,(H,36,40)(H,37,38). The first-order valence-corrected chi connectivity index (χ1v) is 15.8. The summed E-state index contributed by atoms with van der Waals surface area (Å²) in [7, 11) is 2.14. The molecule has 7 heteroatoms. The predicted octanol–water partition coefficient (Wildman–Crippen LogP) is 6.93. The summed E-state index contributed by atoms with van der Waals surface area (Å²) in [4.78, 5) is 37.4. The number of nitrogens with zero attached hydrogens (tertiary/aromatic N) is 2. The highest BCUT2D eigenvalue weighted by atomic mass is 16.5. The third kappa shape index (κ3) is 5.63. The van der Waals surface area contributed by atoms with Gasteiger partial charge in [0.05, 0.1) is 11.6 Å². The number of carbonyl (C=O) groups is 2. The minimum Gasteiger partial charge on any atom is -0.457 e. The summed E-state index contributed by atoms with van der Waals surface area (Å²) in [6.45, 7) is 1.25. The second-order valence-electron chi connectivity index (χ2n) is 13.6. The summed E-state index contributed by atoms with van der Waals surface area (Å²) in [5, 5.41) is 3.03. The molecule has 5 aliphatic rings. The van der Waals surface area contributed by atoms with Crippen LogP contribution in [-0.2, 0) is 17.8 Å². The monoisotopic (exact) mass is 566 g/mol. The van der Waals surface area contributed by atoms with E-state index in [-0.39, 0.29) is 18.6 Å². The SMILES string of the molecule is CN1CCCC1c1nc(C(=O)Nc2cccc(C(=O)OCc3ccccc3)c2)c(CCC23CC4CC(CC(C4)C2)C3)[nH]1. The number of benzene rings is 2. The summed E-state index contributed by atoms with van der Waals surface area (Å²) < 4.78 is 5.51.